The highest BCUT2D eigenvalue weighted by atomic mass is 35.5. The molecule has 3 rings (SSSR count). The summed E-state index contributed by atoms with van der Waals surface area (Å²) in [6.07, 6.45) is 1.50. The van der Waals surface area contributed by atoms with Crippen molar-refractivity contribution in [3.8, 4) is 11.5 Å². The molecule has 1 N–H and O–H groups in total. The number of carbonyl (C=O) groups is 2. The summed E-state index contributed by atoms with van der Waals surface area (Å²) in [4.78, 5) is 25.1. The molecular weight excluding hydrogens is 392 g/mol. The fourth-order valence-corrected chi connectivity index (χ4v) is 3.08. The standard InChI is InChI=1S/C22H23ClN2O4/c1-5-28-18-13-14(12-17(23)19(18)29-22(2,3)4)11-16-20(26)24-25(21(16)27)15-9-7-6-8-10-15/h6-13H,5H2,1-4H3,(H,24,26). The van der Waals surface area contributed by atoms with Crippen LogP contribution in [0.15, 0.2) is 48.0 Å². The van der Waals surface area contributed by atoms with Crippen molar-refractivity contribution < 1.29 is 19.1 Å². The summed E-state index contributed by atoms with van der Waals surface area (Å²) in [6, 6.07) is 12.2. The molecule has 2 amide bonds. The Morgan fingerprint density at radius 2 is 1.83 bits per heavy atom. The molecule has 2 aromatic rings. The Morgan fingerprint density at radius 3 is 2.45 bits per heavy atom. The molecule has 2 aromatic carbocycles. The van der Waals surface area contributed by atoms with Crippen LogP contribution in [0.4, 0.5) is 5.69 Å². The topological polar surface area (TPSA) is 67.9 Å². The SMILES string of the molecule is CCOc1cc(C=C2C(=O)NN(c3ccccc3)C2=O)cc(Cl)c1OC(C)(C)C. The van der Waals surface area contributed by atoms with Crippen molar-refractivity contribution in [2.45, 2.75) is 33.3 Å². The minimum atomic E-state index is -0.483. The van der Waals surface area contributed by atoms with E-state index in [-0.39, 0.29) is 5.57 Å². The highest BCUT2D eigenvalue weighted by Crippen LogP contribution is 2.39. The molecule has 6 nitrogen and oxygen atoms in total. The lowest BCUT2D eigenvalue weighted by Gasteiger charge is -2.24. The quantitative estimate of drug-likeness (QED) is 0.582. The van der Waals surface area contributed by atoms with Crippen molar-refractivity contribution in [2.75, 3.05) is 11.6 Å². The highest BCUT2D eigenvalue weighted by Gasteiger charge is 2.34. The van der Waals surface area contributed by atoms with Gasteiger partial charge in [-0.1, -0.05) is 29.8 Å². The second-order valence-corrected chi connectivity index (χ2v) is 7.86. The van der Waals surface area contributed by atoms with E-state index in [0.717, 1.165) is 0 Å². The van der Waals surface area contributed by atoms with Crippen LogP contribution in [0.25, 0.3) is 6.08 Å². The first kappa shape index (κ1) is 20.7. The summed E-state index contributed by atoms with van der Waals surface area (Å²) >= 11 is 6.43. The van der Waals surface area contributed by atoms with Gasteiger partial charge in [0.25, 0.3) is 11.8 Å². The number of hydrogen-bond donors (Lipinski definition) is 1. The van der Waals surface area contributed by atoms with Crippen LogP contribution in [0.5, 0.6) is 11.5 Å². The Morgan fingerprint density at radius 1 is 1.14 bits per heavy atom. The highest BCUT2D eigenvalue weighted by molar-refractivity contribution is 6.33. The molecule has 0 spiro atoms. The molecule has 152 valence electrons. The first-order valence-corrected chi connectivity index (χ1v) is 9.65. The number of benzene rings is 2. The van der Waals surface area contributed by atoms with Crippen LogP contribution in [0, 0.1) is 0 Å². The Bertz CT molecular complexity index is 965. The summed E-state index contributed by atoms with van der Waals surface area (Å²) in [5, 5.41) is 1.56. The molecule has 0 aromatic heterocycles. The molecule has 1 heterocycles. The van der Waals surface area contributed by atoms with Gasteiger partial charge in [0, 0.05) is 0 Å². The first-order valence-electron chi connectivity index (χ1n) is 9.27. The average Bonchev–Trinajstić information content (AvgIpc) is 2.93. The number of amides is 2. The number of hydrogen-bond acceptors (Lipinski definition) is 4. The molecule has 1 aliphatic heterocycles. The van der Waals surface area contributed by atoms with Gasteiger partial charge in [0.2, 0.25) is 0 Å². The molecule has 0 saturated carbocycles. The maximum absolute atomic E-state index is 12.8. The lowest BCUT2D eigenvalue weighted by atomic mass is 10.1. The van der Waals surface area contributed by atoms with Gasteiger partial charge in [-0.2, -0.15) is 0 Å². The van der Waals surface area contributed by atoms with Gasteiger partial charge < -0.3 is 9.47 Å². The van der Waals surface area contributed by atoms with E-state index in [1.807, 2.05) is 33.8 Å². The van der Waals surface area contributed by atoms with Gasteiger partial charge in [-0.05, 0) is 63.6 Å². The van der Waals surface area contributed by atoms with Gasteiger partial charge in [-0.15, -0.1) is 0 Å². The van der Waals surface area contributed by atoms with E-state index < -0.39 is 17.4 Å². The molecular formula is C22H23ClN2O4. The van der Waals surface area contributed by atoms with E-state index in [4.69, 9.17) is 21.1 Å². The van der Waals surface area contributed by atoms with Crippen molar-refractivity contribution in [3.63, 3.8) is 0 Å². The predicted octanol–water partition coefficient (Wildman–Crippen LogP) is 4.38. The zero-order valence-electron chi connectivity index (χ0n) is 16.8. The zero-order valence-corrected chi connectivity index (χ0v) is 17.5. The van der Waals surface area contributed by atoms with Crippen molar-refractivity contribution >= 4 is 35.2 Å². The van der Waals surface area contributed by atoms with Gasteiger partial charge in [0.05, 0.1) is 17.3 Å². The summed E-state index contributed by atoms with van der Waals surface area (Å²) in [7, 11) is 0. The molecule has 0 unspecified atom stereocenters. The van der Waals surface area contributed by atoms with Crippen molar-refractivity contribution in [3.05, 3.63) is 58.6 Å². The van der Waals surface area contributed by atoms with Gasteiger partial charge in [0.15, 0.2) is 11.5 Å². The van der Waals surface area contributed by atoms with Gasteiger partial charge in [-0.3, -0.25) is 15.0 Å². The van der Waals surface area contributed by atoms with E-state index in [0.29, 0.717) is 34.4 Å². The molecule has 7 heteroatoms. The van der Waals surface area contributed by atoms with Gasteiger partial charge in [-0.25, -0.2) is 5.01 Å². The lowest BCUT2D eigenvalue weighted by molar-refractivity contribution is -0.117. The maximum atomic E-state index is 12.8. The first-order chi connectivity index (χ1) is 13.7. The summed E-state index contributed by atoms with van der Waals surface area (Å²) in [5.41, 5.74) is 3.26. The molecule has 1 saturated heterocycles. The number of nitrogens with zero attached hydrogens (tertiary/aromatic N) is 1. The number of halogens is 1. The molecule has 0 aliphatic carbocycles. The van der Waals surface area contributed by atoms with E-state index >= 15 is 0 Å². The normalized spacial score (nSPS) is 15.6. The Labute approximate surface area is 175 Å². The minimum Gasteiger partial charge on any atom is -0.490 e. The van der Waals surface area contributed by atoms with E-state index in [9.17, 15) is 9.59 Å². The van der Waals surface area contributed by atoms with Crippen LogP contribution in [0.2, 0.25) is 5.02 Å². The predicted molar refractivity (Wildman–Crippen MR) is 113 cm³/mol. The number of ether oxygens (including phenoxy) is 2. The Balaban J connectivity index is 1.97. The van der Waals surface area contributed by atoms with Crippen molar-refractivity contribution in [1.82, 2.24) is 5.43 Å². The molecule has 0 bridgehead atoms. The van der Waals surface area contributed by atoms with Crippen LogP contribution < -0.4 is 19.9 Å². The van der Waals surface area contributed by atoms with Crippen molar-refractivity contribution in [1.29, 1.82) is 0 Å². The van der Waals surface area contributed by atoms with Crippen LogP contribution in [0.1, 0.15) is 33.3 Å². The Hall–Kier alpha value is -2.99. The lowest BCUT2D eigenvalue weighted by Crippen LogP contribution is -2.35. The van der Waals surface area contributed by atoms with Crippen LogP contribution in [-0.2, 0) is 9.59 Å². The third-order valence-corrected chi connectivity index (χ3v) is 4.24. The number of anilines is 1. The van der Waals surface area contributed by atoms with E-state index in [2.05, 4.69) is 5.43 Å². The molecule has 0 atom stereocenters. The number of nitrogens with one attached hydrogen (secondary N) is 1. The number of rotatable bonds is 5. The van der Waals surface area contributed by atoms with Crippen LogP contribution >= 0.6 is 11.6 Å². The molecule has 29 heavy (non-hydrogen) atoms. The number of carbonyl (C=O) groups excluding carboxylic acids is 2. The summed E-state index contributed by atoms with van der Waals surface area (Å²) in [5.74, 6) is -0.0444. The summed E-state index contributed by atoms with van der Waals surface area (Å²) in [6.45, 7) is 8.00. The zero-order chi connectivity index (χ0) is 21.2. The third kappa shape index (κ3) is 4.71. The summed E-state index contributed by atoms with van der Waals surface area (Å²) < 4.78 is 11.6. The molecule has 1 aliphatic rings. The van der Waals surface area contributed by atoms with Gasteiger partial charge >= 0.3 is 0 Å². The van der Waals surface area contributed by atoms with E-state index in [1.165, 1.54) is 11.1 Å². The number of hydrazine groups is 1. The molecule has 0 radical (unpaired) electrons. The second-order valence-electron chi connectivity index (χ2n) is 7.45. The average molecular weight is 415 g/mol. The molecule has 1 fully saturated rings. The third-order valence-electron chi connectivity index (χ3n) is 3.96. The smallest absolute Gasteiger partial charge is 0.282 e. The second kappa shape index (κ2) is 8.17. The van der Waals surface area contributed by atoms with Crippen LogP contribution in [-0.4, -0.2) is 24.0 Å². The minimum absolute atomic E-state index is 0.0110. The maximum Gasteiger partial charge on any atom is 0.282 e. The number of para-hydroxylation sites is 1. The fourth-order valence-electron chi connectivity index (χ4n) is 2.82. The van der Waals surface area contributed by atoms with Crippen molar-refractivity contribution in [2.24, 2.45) is 0 Å². The fraction of sp³-hybridized carbons (Fsp3) is 0.273. The Kier molecular flexibility index (Phi) is 5.84. The largest absolute Gasteiger partial charge is 0.490 e. The monoisotopic (exact) mass is 414 g/mol. The van der Waals surface area contributed by atoms with E-state index in [1.54, 1.807) is 36.4 Å². The van der Waals surface area contributed by atoms with Gasteiger partial charge in [0.1, 0.15) is 11.2 Å². The van der Waals surface area contributed by atoms with Crippen LogP contribution in [0.3, 0.4) is 0 Å².